The fraction of sp³-hybridized carbons (Fsp3) is 0.462. The van der Waals surface area contributed by atoms with Gasteiger partial charge in [0.1, 0.15) is 11.3 Å². The van der Waals surface area contributed by atoms with Gasteiger partial charge in [-0.05, 0) is 38.3 Å². The summed E-state index contributed by atoms with van der Waals surface area (Å²) >= 11 is 0. The Morgan fingerprint density at radius 1 is 1.12 bits per heavy atom. The molecule has 0 aliphatic carbocycles. The summed E-state index contributed by atoms with van der Waals surface area (Å²) in [6.07, 6.45) is 6.51. The average Bonchev–Trinajstić information content (AvgIpc) is 3.16. The minimum Gasteiger partial charge on any atom is -0.464 e. The molecule has 34 heavy (non-hydrogen) atoms. The summed E-state index contributed by atoms with van der Waals surface area (Å²) in [5.41, 5.74) is 2.99. The Morgan fingerprint density at radius 2 is 1.91 bits per heavy atom. The molecule has 0 saturated heterocycles. The number of unbranched alkanes of at least 4 members (excludes halogenated alkanes) is 2. The molecule has 2 heterocycles. The quantitative estimate of drug-likeness (QED) is 0.280. The Morgan fingerprint density at radius 3 is 2.68 bits per heavy atom. The summed E-state index contributed by atoms with van der Waals surface area (Å²) in [5.74, 6) is 0.437. The molecule has 0 aliphatic rings. The molecule has 0 aliphatic heterocycles. The van der Waals surface area contributed by atoms with Crippen LogP contribution in [0.15, 0.2) is 48.8 Å². The third kappa shape index (κ3) is 6.87. The zero-order valence-electron chi connectivity index (χ0n) is 20.3. The van der Waals surface area contributed by atoms with Crippen molar-refractivity contribution in [2.75, 3.05) is 20.3 Å². The van der Waals surface area contributed by atoms with Gasteiger partial charge in [-0.2, -0.15) is 0 Å². The van der Waals surface area contributed by atoms with E-state index >= 15 is 0 Å². The van der Waals surface area contributed by atoms with E-state index in [1.54, 1.807) is 26.4 Å². The van der Waals surface area contributed by atoms with Crippen LogP contribution in [0.4, 0.5) is 0 Å². The number of carbonyl (C=O) groups excluding carboxylic acids is 2. The molecule has 1 atom stereocenters. The Hall–Kier alpha value is -3.26. The molecule has 8 heteroatoms. The molecular formula is C26H34N4O4. The fourth-order valence-electron chi connectivity index (χ4n) is 3.90. The summed E-state index contributed by atoms with van der Waals surface area (Å²) in [5, 5.41) is 0. The number of hydrogen-bond acceptors (Lipinski definition) is 6. The van der Waals surface area contributed by atoms with E-state index in [1.165, 1.54) is 4.90 Å². The molecule has 0 bridgehead atoms. The average molecular weight is 467 g/mol. The van der Waals surface area contributed by atoms with Gasteiger partial charge in [0.2, 0.25) is 5.91 Å². The van der Waals surface area contributed by atoms with Crippen LogP contribution < -0.4 is 0 Å². The first-order valence-electron chi connectivity index (χ1n) is 11.8. The number of carbonyl (C=O) groups is 2. The number of rotatable bonds is 13. The van der Waals surface area contributed by atoms with Gasteiger partial charge in [0.15, 0.2) is 6.04 Å². The van der Waals surface area contributed by atoms with Crippen LogP contribution >= 0.6 is 0 Å². The number of likely N-dealkylation sites (N-methyl/N-ethyl adjacent to an activating group) is 1. The normalized spacial score (nSPS) is 12.0. The maximum atomic E-state index is 12.8. The van der Waals surface area contributed by atoms with Crippen molar-refractivity contribution in [3.8, 4) is 0 Å². The van der Waals surface area contributed by atoms with E-state index in [0.717, 1.165) is 48.2 Å². The summed E-state index contributed by atoms with van der Waals surface area (Å²) in [6.45, 7) is 5.32. The van der Waals surface area contributed by atoms with Gasteiger partial charge < -0.3 is 18.9 Å². The molecule has 0 N–H and O–H groups in total. The van der Waals surface area contributed by atoms with Crippen molar-refractivity contribution in [2.24, 2.45) is 0 Å². The van der Waals surface area contributed by atoms with Crippen LogP contribution in [0.2, 0.25) is 0 Å². The molecule has 0 saturated carbocycles. The van der Waals surface area contributed by atoms with Crippen molar-refractivity contribution in [1.82, 2.24) is 19.4 Å². The summed E-state index contributed by atoms with van der Waals surface area (Å²) in [7, 11) is 1.64. The van der Waals surface area contributed by atoms with Crippen LogP contribution in [0, 0.1) is 6.92 Å². The molecule has 0 spiro atoms. The standard InChI is InChI=1S/C26H34N4O4/c1-4-34-26(32)24(19-33-18-21-11-7-5-8-12-21)29(3)25(31)13-9-6-10-16-30-20(2)28-22-17-27-15-14-23(22)30/h5,7-8,11-12,14-15,17,24H,4,6,9-10,13,16,18-19H2,1-3H3/t24-/m0/s1. The number of aryl methyl sites for hydroxylation is 2. The first kappa shape index (κ1) is 25.4. The largest absolute Gasteiger partial charge is 0.464 e. The van der Waals surface area contributed by atoms with Crippen LogP contribution in [-0.2, 0) is 32.2 Å². The molecule has 8 nitrogen and oxygen atoms in total. The number of hydrogen-bond donors (Lipinski definition) is 0. The topological polar surface area (TPSA) is 86.5 Å². The molecule has 0 unspecified atom stereocenters. The summed E-state index contributed by atoms with van der Waals surface area (Å²) < 4.78 is 13.1. The van der Waals surface area contributed by atoms with E-state index in [0.29, 0.717) is 13.0 Å². The molecule has 0 radical (unpaired) electrons. The number of ether oxygens (including phenoxy) is 2. The number of amides is 1. The predicted molar refractivity (Wildman–Crippen MR) is 130 cm³/mol. The number of benzene rings is 1. The lowest BCUT2D eigenvalue weighted by Crippen LogP contribution is -2.46. The van der Waals surface area contributed by atoms with Crippen molar-refractivity contribution in [2.45, 2.75) is 58.7 Å². The first-order valence-corrected chi connectivity index (χ1v) is 11.8. The van der Waals surface area contributed by atoms with Gasteiger partial charge >= 0.3 is 5.97 Å². The van der Waals surface area contributed by atoms with Crippen LogP contribution in [0.1, 0.15) is 44.0 Å². The summed E-state index contributed by atoms with van der Waals surface area (Å²) in [4.78, 5) is 35.4. The molecule has 182 valence electrons. The van der Waals surface area contributed by atoms with Crippen molar-refractivity contribution < 1.29 is 19.1 Å². The second-order valence-electron chi connectivity index (χ2n) is 8.26. The maximum absolute atomic E-state index is 12.8. The molecule has 1 amide bonds. The second kappa shape index (κ2) is 12.8. The lowest BCUT2D eigenvalue weighted by molar-refractivity contribution is -0.156. The number of nitrogens with zero attached hydrogens (tertiary/aromatic N) is 4. The number of aromatic nitrogens is 3. The fourth-order valence-corrected chi connectivity index (χ4v) is 3.90. The Kier molecular flexibility index (Phi) is 9.58. The van der Waals surface area contributed by atoms with Crippen molar-refractivity contribution in [3.05, 3.63) is 60.2 Å². The van der Waals surface area contributed by atoms with Gasteiger partial charge in [-0.15, -0.1) is 0 Å². The smallest absolute Gasteiger partial charge is 0.331 e. The van der Waals surface area contributed by atoms with Crippen LogP contribution in [-0.4, -0.2) is 57.6 Å². The van der Waals surface area contributed by atoms with Crippen molar-refractivity contribution in [3.63, 3.8) is 0 Å². The predicted octanol–water partition coefficient (Wildman–Crippen LogP) is 3.91. The van der Waals surface area contributed by atoms with E-state index in [4.69, 9.17) is 9.47 Å². The van der Waals surface area contributed by atoms with Crippen LogP contribution in [0.5, 0.6) is 0 Å². The van der Waals surface area contributed by atoms with Gasteiger partial charge in [-0.1, -0.05) is 36.8 Å². The van der Waals surface area contributed by atoms with Crippen molar-refractivity contribution >= 4 is 22.9 Å². The number of pyridine rings is 1. The monoisotopic (exact) mass is 466 g/mol. The van der Waals surface area contributed by atoms with Gasteiger partial charge in [-0.25, -0.2) is 9.78 Å². The van der Waals surface area contributed by atoms with Gasteiger partial charge in [-0.3, -0.25) is 9.78 Å². The van der Waals surface area contributed by atoms with E-state index in [2.05, 4.69) is 14.5 Å². The third-order valence-corrected chi connectivity index (χ3v) is 5.82. The van der Waals surface area contributed by atoms with Gasteiger partial charge in [0, 0.05) is 26.2 Å². The highest BCUT2D eigenvalue weighted by Crippen LogP contribution is 2.16. The number of imidazole rings is 1. The molecular weight excluding hydrogens is 432 g/mol. The van der Waals surface area contributed by atoms with E-state index in [1.807, 2.05) is 43.3 Å². The SMILES string of the molecule is CCOC(=O)[C@H](COCc1ccccc1)N(C)C(=O)CCCCCn1c(C)nc2cnccc21. The maximum Gasteiger partial charge on any atom is 0.331 e. The minimum atomic E-state index is -0.760. The highest BCUT2D eigenvalue weighted by molar-refractivity contribution is 5.84. The summed E-state index contributed by atoms with van der Waals surface area (Å²) in [6, 6.07) is 10.9. The molecule has 0 fully saturated rings. The van der Waals surface area contributed by atoms with Crippen LogP contribution in [0.3, 0.4) is 0 Å². The van der Waals surface area contributed by atoms with E-state index in [-0.39, 0.29) is 19.1 Å². The molecule has 1 aromatic carbocycles. The van der Waals surface area contributed by atoms with Gasteiger partial charge in [0.05, 0.1) is 31.5 Å². The second-order valence-corrected chi connectivity index (χ2v) is 8.26. The lowest BCUT2D eigenvalue weighted by atomic mass is 10.1. The molecule has 2 aromatic heterocycles. The highest BCUT2D eigenvalue weighted by atomic mass is 16.5. The van der Waals surface area contributed by atoms with E-state index in [9.17, 15) is 9.59 Å². The molecule has 3 aromatic rings. The zero-order valence-corrected chi connectivity index (χ0v) is 20.3. The van der Waals surface area contributed by atoms with Crippen LogP contribution in [0.25, 0.3) is 11.0 Å². The number of fused-ring (bicyclic) bond motifs is 1. The minimum absolute atomic E-state index is 0.0864. The van der Waals surface area contributed by atoms with Crippen molar-refractivity contribution in [1.29, 1.82) is 0 Å². The van der Waals surface area contributed by atoms with Gasteiger partial charge in [0.25, 0.3) is 0 Å². The zero-order chi connectivity index (χ0) is 24.3. The lowest BCUT2D eigenvalue weighted by Gasteiger charge is -2.26. The Balaban J connectivity index is 1.45. The number of esters is 1. The first-order chi connectivity index (χ1) is 16.5. The Labute approximate surface area is 200 Å². The third-order valence-electron chi connectivity index (χ3n) is 5.82. The molecule has 3 rings (SSSR count). The Bertz CT molecular complexity index is 1070. The highest BCUT2D eigenvalue weighted by Gasteiger charge is 2.28. The van der Waals surface area contributed by atoms with E-state index < -0.39 is 12.0 Å².